The fourth-order valence-corrected chi connectivity index (χ4v) is 4.18. The number of hydrogen-bond acceptors (Lipinski definition) is 4. The minimum absolute atomic E-state index is 0.237. The standard InChI is InChI=1S/C30H32N4O2/c31-26(20-22-10-3-1-4-11-22)29(35)34-28(21-23-12-5-2-6-13-23)30(36)33-19-18-32-27-17-9-15-24-14-7-8-16-25(24)27/h1-17,26,28,32H,18-21,31H2,(H,33,36)(H,34,35)/t26-,28-/m0/s1. The number of carbonyl (C=O) groups excluding carboxylic acids is 2. The van der Waals surface area contributed by atoms with Gasteiger partial charge in [-0.05, 0) is 29.0 Å². The van der Waals surface area contributed by atoms with Gasteiger partial charge in [0.1, 0.15) is 6.04 Å². The van der Waals surface area contributed by atoms with Gasteiger partial charge in [-0.1, -0.05) is 97.1 Å². The molecule has 0 aliphatic rings. The van der Waals surface area contributed by atoms with Crippen LogP contribution >= 0.6 is 0 Å². The number of carbonyl (C=O) groups is 2. The summed E-state index contributed by atoms with van der Waals surface area (Å²) in [5, 5.41) is 11.5. The lowest BCUT2D eigenvalue weighted by Crippen LogP contribution is -2.53. The molecule has 6 heteroatoms. The van der Waals surface area contributed by atoms with Gasteiger partial charge in [-0.3, -0.25) is 9.59 Å². The molecule has 0 aliphatic carbocycles. The SMILES string of the molecule is N[C@@H](Cc1ccccc1)C(=O)N[C@@H](Cc1ccccc1)C(=O)NCCNc1cccc2ccccc12. The van der Waals surface area contributed by atoms with E-state index in [4.69, 9.17) is 5.73 Å². The summed E-state index contributed by atoms with van der Waals surface area (Å²) < 4.78 is 0. The number of fused-ring (bicyclic) bond motifs is 1. The minimum Gasteiger partial charge on any atom is -0.383 e. The molecule has 0 saturated heterocycles. The Hall–Kier alpha value is -4.16. The normalized spacial score (nSPS) is 12.5. The maximum absolute atomic E-state index is 13.1. The minimum atomic E-state index is -0.744. The number of hydrogen-bond donors (Lipinski definition) is 4. The van der Waals surface area contributed by atoms with Gasteiger partial charge in [0.15, 0.2) is 0 Å². The molecule has 4 aromatic carbocycles. The van der Waals surface area contributed by atoms with E-state index in [1.54, 1.807) is 0 Å². The Morgan fingerprint density at radius 2 is 1.28 bits per heavy atom. The summed E-state index contributed by atoms with van der Waals surface area (Å²) >= 11 is 0. The zero-order chi connectivity index (χ0) is 25.2. The molecule has 6 nitrogen and oxygen atoms in total. The number of amides is 2. The fraction of sp³-hybridized carbons (Fsp3) is 0.200. The summed E-state index contributed by atoms with van der Waals surface area (Å²) in [5.41, 5.74) is 9.12. The third-order valence-corrected chi connectivity index (χ3v) is 6.08. The Balaban J connectivity index is 1.35. The Morgan fingerprint density at radius 1 is 0.667 bits per heavy atom. The molecule has 0 radical (unpaired) electrons. The van der Waals surface area contributed by atoms with Gasteiger partial charge in [-0.2, -0.15) is 0 Å². The Labute approximate surface area is 211 Å². The van der Waals surface area contributed by atoms with E-state index in [2.05, 4.69) is 34.1 Å². The van der Waals surface area contributed by atoms with E-state index < -0.39 is 12.1 Å². The van der Waals surface area contributed by atoms with Crippen molar-refractivity contribution < 1.29 is 9.59 Å². The van der Waals surface area contributed by atoms with Crippen LogP contribution in [0.1, 0.15) is 11.1 Å². The maximum Gasteiger partial charge on any atom is 0.242 e. The second-order valence-corrected chi connectivity index (χ2v) is 8.79. The van der Waals surface area contributed by atoms with Gasteiger partial charge >= 0.3 is 0 Å². The van der Waals surface area contributed by atoms with Crippen LogP contribution in [0.15, 0.2) is 103 Å². The lowest BCUT2D eigenvalue weighted by molar-refractivity contribution is -0.129. The number of nitrogens with one attached hydrogen (secondary N) is 3. The summed E-state index contributed by atoms with van der Waals surface area (Å²) in [6.45, 7) is 0.971. The quantitative estimate of drug-likeness (QED) is 0.246. The molecule has 0 spiro atoms. The molecule has 0 bridgehead atoms. The van der Waals surface area contributed by atoms with Crippen molar-refractivity contribution in [3.63, 3.8) is 0 Å². The van der Waals surface area contributed by atoms with E-state index in [-0.39, 0.29) is 11.8 Å². The molecule has 184 valence electrons. The van der Waals surface area contributed by atoms with Crippen molar-refractivity contribution in [3.05, 3.63) is 114 Å². The van der Waals surface area contributed by atoms with Crippen LogP contribution in [0.2, 0.25) is 0 Å². The first-order valence-electron chi connectivity index (χ1n) is 12.2. The molecular formula is C30H32N4O2. The van der Waals surface area contributed by atoms with Crippen LogP contribution < -0.4 is 21.7 Å². The number of nitrogens with two attached hydrogens (primary N) is 1. The molecule has 36 heavy (non-hydrogen) atoms. The van der Waals surface area contributed by atoms with Crippen molar-refractivity contribution in [2.45, 2.75) is 24.9 Å². The second-order valence-electron chi connectivity index (χ2n) is 8.79. The van der Waals surface area contributed by atoms with Gasteiger partial charge in [-0.15, -0.1) is 0 Å². The van der Waals surface area contributed by atoms with Gasteiger partial charge in [0, 0.05) is 30.6 Å². The predicted molar refractivity (Wildman–Crippen MR) is 146 cm³/mol. The number of anilines is 1. The first-order valence-corrected chi connectivity index (χ1v) is 12.2. The number of rotatable bonds is 11. The molecule has 0 saturated carbocycles. The summed E-state index contributed by atoms with van der Waals surface area (Å²) in [4.78, 5) is 26.0. The third-order valence-electron chi connectivity index (χ3n) is 6.08. The van der Waals surface area contributed by atoms with Gasteiger partial charge in [0.05, 0.1) is 6.04 Å². The van der Waals surface area contributed by atoms with Crippen LogP contribution in [0.4, 0.5) is 5.69 Å². The van der Waals surface area contributed by atoms with Gasteiger partial charge in [-0.25, -0.2) is 0 Å². The summed E-state index contributed by atoms with van der Waals surface area (Å²) in [6.07, 6.45) is 0.786. The highest BCUT2D eigenvalue weighted by Crippen LogP contribution is 2.22. The maximum atomic E-state index is 13.1. The van der Waals surface area contributed by atoms with Crippen molar-refractivity contribution in [1.29, 1.82) is 0 Å². The highest BCUT2D eigenvalue weighted by Gasteiger charge is 2.24. The highest BCUT2D eigenvalue weighted by atomic mass is 16.2. The molecule has 5 N–H and O–H groups in total. The summed E-state index contributed by atoms with van der Waals surface area (Å²) in [5.74, 6) is -0.581. The number of benzene rings is 4. The van der Waals surface area contributed by atoms with Gasteiger partial charge in [0.2, 0.25) is 11.8 Å². The summed E-state index contributed by atoms with van der Waals surface area (Å²) in [7, 11) is 0. The molecule has 0 heterocycles. The van der Waals surface area contributed by atoms with Crippen LogP contribution in [0.5, 0.6) is 0 Å². The first kappa shape index (κ1) is 24.9. The van der Waals surface area contributed by atoms with Crippen molar-refractivity contribution in [2.75, 3.05) is 18.4 Å². The van der Waals surface area contributed by atoms with E-state index >= 15 is 0 Å². The monoisotopic (exact) mass is 480 g/mol. The van der Waals surface area contributed by atoms with E-state index in [0.29, 0.717) is 25.9 Å². The molecular weight excluding hydrogens is 448 g/mol. The zero-order valence-electron chi connectivity index (χ0n) is 20.2. The molecule has 4 rings (SSSR count). The van der Waals surface area contributed by atoms with Gasteiger partial charge in [0.25, 0.3) is 0 Å². The predicted octanol–water partition coefficient (Wildman–Crippen LogP) is 3.67. The topological polar surface area (TPSA) is 96.2 Å². The highest BCUT2D eigenvalue weighted by molar-refractivity contribution is 5.94. The largest absolute Gasteiger partial charge is 0.383 e. The van der Waals surface area contributed by atoms with Crippen LogP contribution in [0.3, 0.4) is 0 Å². The van der Waals surface area contributed by atoms with Crippen molar-refractivity contribution in [2.24, 2.45) is 5.73 Å². The lowest BCUT2D eigenvalue weighted by Gasteiger charge is -2.21. The first-order chi connectivity index (χ1) is 17.6. The van der Waals surface area contributed by atoms with Crippen molar-refractivity contribution in [3.8, 4) is 0 Å². The van der Waals surface area contributed by atoms with Crippen LogP contribution in [0.25, 0.3) is 10.8 Å². The van der Waals surface area contributed by atoms with Crippen molar-refractivity contribution in [1.82, 2.24) is 10.6 Å². The average Bonchev–Trinajstić information content (AvgIpc) is 2.91. The smallest absolute Gasteiger partial charge is 0.242 e. The Bertz CT molecular complexity index is 1270. The zero-order valence-corrected chi connectivity index (χ0v) is 20.2. The fourth-order valence-electron chi connectivity index (χ4n) is 4.18. The van der Waals surface area contributed by atoms with E-state index in [1.807, 2.05) is 84.9 Å². The Morgan fingerprint density at radius 3 is 2.00 bits per heavy atom. The van der Waals surface area contributed by atoms with E-state index in [0.717, 1.165) is 27.6 Å². The lowest BCUT2D eigenvalue weighted by atomic mass is 10.0. The molecule has 0 unspecified atom stereocenters. The van der Waals surface area contributed by atoms with Crippen LogP contribution in [0, 0.1) is 0 Å². The van der Waals surface area contributed by atoms with Crippen LogP contribution in [-0.4, -0.2) is 37.0 Å². The van der Waals surface area contributed by atoms with Gasteiger partial charge < -0.3 is 21.7 Å². The average molecular weight is 481 g/mol. The third kappa shape index (κ3) is 6.93. The molecule has 0 aromatic heterocycles. The van der Waals surface area contributed by atoms with Crippen LogP contribution in [-0.2, 0) is 22.4 Å². The van der Waals surface area contributed by atoms with E-state index in [9.17, 15) is 9.59 Å². The Kier molecular flexibility index (Phi) is 8.67. The van der Waals surface area contributed by atoms with E-state index in [1.165, 1.54) is 0 Å². The molecule has 2 atom stereocenters. The summed E-state index contributed by atoms with van der Waals surface area (Å²) in [6, 6.07) is 32.1. The molecule has 0 aliphatic heterocycles. The molecule has 2 amide bonds. The second kappa shape index (κ2) is 12.5. The molecule has 4 aromatic rings. The van der Waals surface area contributed by atoms with Crippen molar-refractivity contribution >= 4 is 28.3 Å². The molecule has 0 fully saturated rings.